The molecule has 0 radical (unpaired) electrons. The molecule has 0 aromatic carbocycles. The van der Waals surface area contributed by atoms with Crippen LogP contribution in [0, 0.1) is 0 Å². The standard InChI is InChI=1S/C10H13NO2/c1-2-3-9-13-10(12)7-5-4-6-8-11/h2-7,9H,1,8,11H2/b6-4+,7-5-,9-3+. The maximum Gasteiger partial charge on any atom is 0.335 e. The van der Waals surface area contributed by atoms with Gasteiger partial charge in [0.25, 0.3) is 0 Å². The number of allylic oxidation sites excluding steroid dienone is 4. The van der Waals surface area contributed by atoms with E-state index in [2.05, 4.69) is 11.3 Å². The van der Waals surface area contributed by atoms with E-state index < -0.39 is 5.97 Å². The molecule has 0 aliphatic heterocycles. The van der Waals surface area contributed by atoms with Gasteiger partial charge in [-0.25, -0.2) is 4.79 Å². The maximum atomic E-state index is 10.8. The first-order chi connectivity index (χ1) is 6.31. The third kappa shape index (κ3) is 8.29. The predicted molar refractivity (Wildman–Crippen MR) is 52.8 cm³/mol. The van der Waals surface area contributed by atoms with E-state index in [1.54, 1.807) is 18.2 Å². The highest BCUT2D eigenvalue weighted by molar-refractivity contribution is 5.82. The summed E-state index contributed by atoms with van der Waals surface area (Å²) in [6.07, 6.45) is 10.6. The molecule has 0 aromatic heterocycles. The third-order valence-corrected chi connectivity index (χ3v) is 1.01. The molecule has 0 spiro atoms. The fraction of sp³-hybridized carbons (Fsp3) is 0.100. The molecule has 3 heteroatoms. The topological polar surface area (TPSA) is 52.3 Å². The van der Waals surface area contributed by atoms with Crippen LogP contribution in [0.15, 0.2) is 49.3 Å². The molecule has 0 rings (SSSR count). The van der Waals surface area contributed by atoms with E-state index >= 15 is 0 Å². The lowest BCUT2D eigenvalue weighted by Crippen LogP contribution is -1.93. The van der Waals surface area contributed by atoms with E-state index in [0.717, 1.165) is 0 Å². The van der Waals surface area contributed by atoms with Crippen molar-refractivity contribution in [2.24, 2.45) is 5.73 Å². The van der Waals surface area contributed by atoms with Gasteiger partial charge in [0.2, 0.25) is 0 Å². The zero-order valence-electron chi connectivity index (χ0n) is 7.35. The van der Waals surface area contributed by atoms with Gasteiger partial charge in [0.1, 0.15) is 0 Å². The van der Waals surface area contributed by atoms with Crippen LogP contribution in [0.4, 0.5) is 0 Å². The summed E-state index contributed by atoms with van der Waals surface area (Å²) in [6, 6.07) is 0. The summed E-state index contributed by atoms with van der Waals surface area (Å²) < 4.78 is 4.62. The summed E-state index contributed by atoms with van der Waals surface area (Å²) in [5.74, 6) is -0.431. The Hall–Kier alpha value is -1.61. The van der Waals surface area contributed by atoms with Crippen molar-refractivity contribution in [1.29, 1.82) is 0 Å². The van der Waals surface area contributed by atoms with Crippen LogP contribution in [0.2, 0.25) is 0 Å². The Morgan fingerprint density at radius 2 is 2.15 bits per heavy atom. The van der Waals surface area contributed by atoms with Crippen LogP contribution in [0.5, 0.6) is 0 Å². The molecular weight excluding hydrogens is 166 g/mol. The van der Waals surface area contributed by atoms with Crippen molar-refractivity contribution in [2.45, 2.75) is 0 Å². The number of carbonyl (C=O) groups is 1. The Morgan fingerprint density at radius 1 is 1.38 bits per heavy atom. The Balaban J connectivity index is 3.73. The molecule has 0 aliphatic rings. The van der Waals surface area contributed by atoms with Gasteiger partial charge in [-0.2, -0.15) is 0 Å². The first-order valence-corrected chi connectivity index (χ1v) is 3.82. The van der Waals surface area contributed by atoms with Gasteiger partial charge in [-0.05, 0) is 6.08 Å². The molecule has 0 saturated carbocycles. The van der Waals surface area contributed by atoms with Gasteiger partial charge in [0, 0.05) is 12.6 Å². The van der Waals surface area contributed by atoms with Crippen molar-refractivity contribution >= 4 is 5.97 Å². The van der Waals surface area contributed by atoms with Crippen molar-refractivity contribution in [3.8, 4) is 0 Å². The number of carbonyl (C=O) groups excluding carboxylic acids is 1. The smallest absolute Gasteiger partial charge is 0.335 e. The third-order valence-electron chi connectivity index (χ3n) is 1.01. The first kappa shape index (κ1) is 11.4. The number of nitrogens with two attached hydrogens (primary N) is 1. The molecule has 0 bridgehead atoms. The highest BCUT2D eigenvalue weighted by Crippen LogP contribution is 1.84. The van der Waals surface area contributed by atoms with Crippen molar-refractivity contribution in [3.63, 3.8) is 0 Å². The van der Waals surface area contributed by atoms with Crippen molar-refractivity contribution < 1.29 is 9.53 Å². The molecule has 0 fully saturated rings. The lowest BCUT2D eigenvalue weighted by Gasteiger charge is -1.88. The molecule has 70 valence electrons. The maximum absolute atomic E-state index is 10.8. The second-order valence-electron chi connectivity index (χ2n) is 2.02. The summed E-state index contributed by atoms with van der Waals surface area (Å²) in [5.41, 5.74) is 5.18. The minimum Gasteiger partial charge on any atom is -0.431 e. The summed E-state index contributed by atoms with van der Waals surface area (Å²) in [6.45, 7) is 3.88. The summed E-state index contributed by atoms with van der Waals surface area (Å²) in [4.78, 5) is 10.8. The summed E-state index contributed by atoms with van der Waals surface area (Å²) in [5, 5.41) is 0. The van der Waals surface area contributed by atoms with Crippen molar-refractivity contribution in [1.82, 2.24) is 0 Å². The van der Waals surface area contributed by atoms with Crippen LogP contribution in [0.25, 0.3) is 0 Å². The monoisotopic (exact) mass is 179 g/mol. The molecule has 13 heavy (non-hydrogen) atoms. The van der Waals surface area contributed by atoms with Crippen LogP contribution < -0.4 is 5.73 Å². The zero-order valence-corrected chi connectivity index (χ0v) is 7.35. The van der Waals surface area contributed by atoms with Gasteiger partial charge in [0.05, 0.1) is 6.26 Å². The Morgan fingerprint density at radius 3 is 2.77 bits per heavy atom. The molecule has 3 nitrogen and oxygen atoms in total. The summed E-state index contributed by atoms with van der Waals surface area (Å²) >= 11 is 0. The number of ether oxygens (including phenoxy) is 1. The van der Waals surface area contributed by atoms with Gasteiger partial charge in [-0.1, -0.05) is 30.9 Å². The van der Waals surface area contributed by atoms with Gasteiger partial charge >= 0.3 is 5.97 Å². The molecule has 0 amide bonds. The van der Waals surface area contributed by atoms with E-state index in [1.807, 2.05) is 0 Å². The molecule has 2 N–H and O–H groups in total. The highest BCUT2D eigenvalue weighted by Gasteiger charge is 1.88. The molecule has 0 saturated heterocycles. The van der Waals surface area contributed by atoms with Gasteiger partial charge in [-0.15, -0.1) is 0 Å². The van der Waals surface area contributed by atoms with E-state index in [9.17, 15) is 4.79 Å². The summed E-state index contributed by atoms with van der Waals surface area (Å²) in [7, 11) is 0. The predicted octanol–water partition coefficient (Wildman–Crippen LogP) is 1.30. The van der Waals surface area contributed by atoms with Crippen LogP contribution in [0.1, 0.15) is 0 Å². The van der Waals surface area contributed by atoms with E-state index in [4.69, 9.17) is 5.73 Å². The molecule has 0 aliphatic carbocycles. The van der Waals surface area contributed by atoms with Crippen molar-refractivity contribution in [2.75, 3.05) is 6.54 Å². The fourth-order valence-corrected chi connectivity index (χ4v) is 0.492. The number of esters is 1. The van der Waals surface area contributed by atoms with Gasteiger partial charge in [-0.3, -0.25) is 0 Å². The molecule has 0 atom stereocenters. The number of rotatable bonds is 5. The van der Waals surface area contributed by atoms with E-state index in [1.165, 1.54) is 24.5 Å². The van der Waals surface area contributed by atoms with Gasteiger partial charge in [0.15, 0.2) is 0 Å². The second kappa shape index (κ2) is 8.49. The SMILES string of the molecule is C=C/C=C/OC(=O)/C=C\C=C\CN. The van der Waals surface area contributed by atoms with Crippen LogP contribution in [-0.4, -0.2) is 12.5 Å². The molecule has 0 unspecified atom stereocenters. The first-order valence-electron chi connectivity index (χ1n) is 3.82. The lowest BCUT2D eigenvalue weighted by molar-refractivity contribution is -0.132. The molecular formula is C10H13NO2. The molecule has 0 aromatic rings. The van der Waals surface area contributed by atoms with Crippen LogP contribution >= 0.6 is 0 Å². The average Bonchev–Trinajstić information content (AvgIpc) is 2.13. The Bertz CT molecular complexity index is 239. The quantitative estimate of drug-likeness (QED) is 0.299. The zero-order chi connectivity index (χ0) is 9.94. The number of hydrogen-bond acceptors (Lipinski definition) is 3. The van der Waals surface area contributed by atoms with Crippen LogP contribution in [0.3, 0.4) is 0 Å². The van der Waals surface area contributed by atoms with E-state index in [0.29, 0.717) is 6.54 Å². The Labute approximate surface area is 77.9 Å². The largest absolute Gasteiger partial charge is 0.431 e. The molecule has 0 heterocycles. The minimum atomic E-state index is -0.431. The highest BCUT2D eigenvalue weighted by atomic mass is 16.5. The fourth-order valence-electron chi connectivity index (χ4n) is 0.492. The van der Waals surface area contributed by atoms with Crippen LogP contribution in [-0.2, 0) is 9.53 Å². The lowest BCUT2D eigenvalue weighted by atomic mass is 10.4. The normalized spacial score (nSPS) is 11.5. The Kier molecular flexibility index (Phi) is 7.44. The second-order valence-corrected chi connectivity index (χ2v) is 2.02. The average molecular weight is 179 g/mol. The number of hydrogen-bond donors (Lipinski definition) is 1. The minimum absolute atomic E-state index is 0.431. The van der Waals surface area contributed by atoms with Gasteiger partial charge < -0.3 is 10.5 Å². The van der Waals surface area contributed by atoms with E-state index in [-0.39, 0.29) is 0 Å². The van der Waals surface area contributed by atoms with Crippen molar-refractivity contribution in [3.05, 3.63) is 49.3 Å².